The predicted molar refractivity (Wildman–Crippen MR) is 106 cm³/mol. The Labute approximate surface area is 161 Å². The van der Waals surface area contributed by atoms with E-state index in [-0.39, 0.29) is 12.1 Å². The lowest BCUT2D eigenvalue weighted by Gasteiger charge is -2.36. The van der Waals surface area contributed by atoms with Crippen LogP contribution < -0.4 is 4.90 Å². The van der Waals surface area contributed by atoms with Crippen molar-refractivity contribution in [2.24, 2.45) is 0 Å². The molecule has 2 aliphatic heterocycles. The van der Waals surface area contributed by atoms with Gasteiger partial charge in [-0.15, -0.1) is 0 Å². The van der Waals surface area contributed by atoms with Crippen LogP contribution in [-0.4, -0.2) is 35.6 Å². The van der Waals surface area contributed by atoms with Gasteiger partial charge in [0.2, 0.25) is 0 Å². The smallest absolute Gasteiger partial charge is 0.410 e. The van der Waals surface area contributed by atoms with Crippen LogP contribution in [0, 0.1) is 0 Å². The second-order valence-electron chi connectivity index (χ2n) is 7.36. The molecule has 1 amide bonds. The summed E-state index contributed by atoms with van der Waals surface area (Å²) in [4.78, 5) is 21.8. The average Bonchev–Trinajstić information content (AvgIpc) is 3.27. The Bertz CT molecular complexity index is 759. The van der Waals surface area contributed by atoms with Gasteiger partial charge in [0, 0.05) is 31.4 Å². The van der Waals surface area contributed by atoms with E-state index in [0.29, 0.717) is 6.61 Å². The molecule has 2 saturated heterocycles. The second-order valence-corrected chi connectivity index (χ2v) is 7.36. The molecule has 3 heterocycles. The highest BCUT2D eigenvalue weighted by molar-refractivity contribution is 5.69. The van der Waals surface area contributed by atoms with Crippen molar-refractivity contribution in [1.82, 2.24) is 9.88 Å². The van der Waals surface area contributed by atoms with E-state index in [4.69, 9.17) is 4.74 Å². The highest BCUT2D eigenvalue weighted by atomic mass is 16.6. The van der Waals surface area contributed by atoms with Gasteiger partial charge in [-0.3, -0.25) is 0 Å². The molecule has 2 fully saturated rings. The summed E-state index contributed by atoms with van der Waals surface area (Å²) < 4.78 is 5.64. The summed E-state index contributed by atoms with van der Waals surface area (Å²) in [6.45, 7) is 3.16. The number of piperidine rings is 1. The first-order valence-electron chi connectivity index (χ1n) is 10.00. The van der Waals surface area contributed by atoms with Crippen molar-refractivity contribution < 1.29 is 9.53 Å². The Hall–Kier alpha value is -2.56. The maximum atomic E-state index is 12.9. The van der Waals surface area contributed by atoms with Crippen LogP contribution in [-0.2, 0) is 11.3 Å². The Kier molecular flexibility index (Phi) is 5.56. The van der Waals surface area contributed by atoms with Crippen LogP contribution in [0.15, 0.2) is 48.7 Å². The highest BCUT2D eigenvalue weighted by Crippen LogP contribution is 2.36. The fourth-order valence-electron chi connectivity index (χ4n) is 4.14. The standard InChI is InChI=1S/C22H27N3O2/c26-22(27-17-18-9-2-1-3-10-18)25-16-5-4-12-20(25)19-11-8-13-23-21(19)24-14-6-7-15-24/h1-3,8-11,13,20H,4-7,12,14-17H2/t20-/m1/s1. The monoisotopic (exact) mass is 365 g/mol. The number of ether oxygens (including phenoxy) is 1. The van der Waals surface area contributed by atoms with Crippen LogP contribution in [0.3, 0.4) is 0 Å². The summed E-state index contributed by atoms with van der Waals surface area (Å²) in [7, 11) is 0. The number of nitrogens with zero attached hydrogens (tertiary/aromatic N) is 3. The molecule has 2 aromatic rings. The molecule has 0 saturated carbocycles. The molecular formula is C22H27N3O2. The number of carbonyl (C=O) groups is 1. The predicted octanol–water partition coefficient (Wildman–Crippen LogP) is 4.55. The highest BCUT2D eigenvalue weighted by Gasteiger charge is 2.32. The van der Waals surface area contributed by atoms with E-state index in [1.165, 1.54) is 12.8 Å². The van der Waals surface area contributed by atoms with Crippen LogP contribution in [0.1, 0.15) is 49.3 Å². The number of hydrogen-bond acceptors (Lipinski definition) is 4. The minimum Gasteiger partial charge on any atom is -0.445 e. The molecule has 0 unspecified atom stereocenters. The molecule has 1 aromatic heterocycles. The van der Waals surface area contributed by atoms with Gasteiger partial charge in [0.15, 0.2) is 0 Å². The maximum Gasteiger partial charge on any atom is 0.410 e. The van der Waals surface area contributed by atoms with E-state index in [9.17, 15) is 4.79 Å². The van der Waals surface area contributed by atoms with Crippen molar-refractivity contribution in [1.29, 1.82) is 0 Å². The third-order valence-corrected chi connectivity index (χ3v) is 5.52. The molecule has 5 nitrogen and oxygen atoms in total. The molecule has 0 aliphatic carbocycles. The molecule has 5 heteroatoms. The van der Waals surface area contributed by atoms with Gasteiger partial charge in [-0.2, -0.15) is 0 Å². The van der Waals surface area contributed by atoms with E-state index in [1.807, 2.05) is 47.5 Å². The number of aromatic nitrogens is 1. The van der Waals surface area contributed by atoms with Gasteiger partial charge in [0.1, 0.15) is 12.4 Å². The average molecular weight is 365 g/mol. The lowest BCUT2D eigenvalue weighted by molar-refractivity contribution is 0.0679. The summed E-state index contributed by atoms with van der Waals surface area (Å²) in [5.74, 6) is 1.04. The zero-order chi connectivity index (χ0) is 18.5. The van der Waals surface area contributed by atoms with Crippen LogP contribution in [0.4, 0.5) is 10.6 Å². The first-order chi connectivity index (χ1) is 13.3. The van der Waals surface area contributed by atoms with Gasteiger partial charge in [-0.05, 0) is 43.7 Å². The van der Waals surface area contributed by atoms with Crippen LogP contribution in [0.2, 0.25) is 0 Å². The minimum atomic E-state index is -0.222. The number of anilines is 1. The summed E-state index contributed by atoms with van der Waals surface area (Å²) in [6, 6.07) is 14.0. The van der Waals surface area contributed by atoms with Crippen LogP contribution in [0.5, 0.6) is 0 Å². The number of benzene rings is 1. The van der Waals surface area contributed by atoms with Gasteiger partial charge >= 0.3 is 6.09 Å². The van der Waals surface area contributed by atoms with Crippen LogP contribution >= 0.6 is 0 Å². The summed E-state index contributed by atoms with van der Waals surface area (Å²) in [5.41, 5.74) is 2.18. The lowest BCUT2D eigenvalue weighted by Crippen LogP contribution is -2.39. The topological polar surface area (TPSA) is 45.7 Å². The number of carbonyl (C=O) groups excluding carboxylic acids is 1. The first kappa shape index (κ1) is 17.8. The second kappa shape index (κ2) is 8.42. The number of likely N-dealkylation sites (tertiary alicyclic amines) is 1. The number of pyridine rings is 1. The van der Waals surface area contributed by atoms with Crippen molar-refractivity contribution >= 4 is 11.9 Å². The zero-order valence-corrected chi connectivity index (χ0v) is 15.7. The first-order valence-corrected chi connectivity index (χ1v) is 10.00. The van der Waals surface area contributed by atoms with Gasteiger partial charge < -0.3 is 14.5 Å². The zero-order valence-electron chi connectivity index (χ0n) is 15.7. The molecule has 0 N–H and O–H groups in total. The van der Waals surface area contributed by atoms with E-state index in [2.05, 4.69) is 16.0 Å². The van der Waals surface area contributed by atoms with E-state index < -0.39 is 0 Å². The van der Waals surface area contributed by atoms with Gasteiger partial charge in [0.05, 0.1) is 6.04 Å². The Morgan fingerprint density at radius 3 is 2.59 bits per heavy atom. The fraction of sp³-hybridized carbons (Fsp3) is 0.455. The summed E-state index contributed by atoms with van der Waals surface area (Å²) >= 11 is 0. The van der Waals surface area contributed by atoms with Crippen molar-refractivity contribution in [2.45, 2.75) is 44.8 Å². The van der Waals surface area contributed by atoms with Crippen molar-refractivity contribution in [3.05, 3.63) is 59.8 Å². The third-order valence-electron chi connectivity index (χ3n) is 5.52. The molecular weight excluding hydrogens is 338 g/mol. The summed E-state index contributed by atoms with van der Waals surface area (Å²) in [5, 5.41) is 0. The summed E-state index contributed by atoms with van der Waals surface area (Å²) in [6.07, 6.45) is 7.18. The maximum absolute atomic E-state index is 12.9. The Morgan fingerprint density at radius 1 is 1.00 bits per heavy atom. The molecule has 142 valence electrons. The lowest BCUT2D eigenvalue weighted by atomic mass is 9.95. The van der Waals surface area contributed by atoms with Gasteiger partial charge in [-0.1, -0.05) is 36.4 Å². The normalized spacial score (nSPS) is 19.9. The van der Waals surface area contributed by atoms with Gasteiger partial charge in [-0.25, -0.2) is 9.78 Å². The molecule has 1 atom stereocenters. The van der Waals surface area contributed by atoms with Crippen molar-refractivity contribution in [3.8, 4) is 0 Å². The van der Waals surface area contributed by atoms with Crippen LogP contribution in [0.25, 0.3) is 0 Å². The van der Waals surface area contributed by atoms with Crippen molar-refractivity contribution in [3.63, 3.8) is 0 Å². The SMILES string of the molecule is O=C(OCc1ccccc1)N1CCCC[C@@H]1c1cccnc1N1CCCC1. The number of hydrogen-bond donors (Lipinski definition) is 0. The molecule has 0 radical (unpaired) electrons. The quantitative estimate of drug-likeness (QED) is 0.798. The molecule has 27 heavy (non-hydrogen) atoms. The van der Waals surface area contributed by atoms with Gasteiger partial charge in [0.25, 0.3) is 0 Å². The fourth-order valence-corrected chi connectivity index (χ4v) is 4.14. The molecule has 0 spiro atoms. The van der Waals surface area contributed by atoms with E-state index in [1.54, 1.807) is 0 Å². The number of amides is 1. The number of rotatable bonds is 4. The largest absolute Gasteiger partial charge is 0.445 e. The van der Waals surface area contributed by atoms with Crippen molar-refractivity contribution in [2.75, 3.05) is 24.5 Å². The molecule has 1 aromatic carbocycles. The third kappa shape index (κ3) is 4.07. The van der Waals surface area contributed by atoms with E-state index in [0.717, 1.165) is 55.8 Å². The minimum absolute atomic E-state index is 0.0475. The Balaban J connectivity index is 1.51. The molecule has 0 bridgehead atoms. The van der Waals surface area contributed by atoms with E-state index >= 15 is 0 Å². The molecule has 4 rings (SSSR count). The Morgan fingerprint density at radius 2 is 1.78 bits per heavy atom. The molecule has 2 aliphatic rings.